The summed E-state index contributed by atoms with van der Waals surface area (Å²) in [5.41, 5.74) is 2.27. The Hall–Kier alpha value is -0.910. The molecule has 3 nitrogen and oxygen atoms in total. The van der Waals surface area contributed by atoms with Crippen molar-refractivity contribution in [1.82, 2.24) is 4.98 Å². The average molecular weight is 339 g/mol. The number of aromatic nitrogens is 1. The average Bonchev–Trinajstić information content (AvgIpc) is 2.89. The fraction of sp³-hybridized carbons (Fsp3) is 0.357. The van der Waals surface area contributed by atoms with Crippen molar-refractivity contribution in [3.63, 3.8) is 0 Å². The molecule has 0 aromatic carbocycles. The Balaban J connectivity index is 2.00. The first-order valence-electron chi connectivity index (χ1n) is 6.29. The molecule has 3 heterocycles. The van der Waals surface area contributed by atoms with Gasteiger partial charge >= 0.3 is 0 Å². The van der Waals surface area contributed by atoms with Gasteiger partial charge in [-0.05, 0) is 52.4 Å². The summed E-state index contributed by atoms with van der Waals surface area (Å²) in [6.45, 7) is 3.17. The first-order chi connectivity index (χ1) is 9.20. The minimum Gasteiger partial charge on any atom is -0.392 e. The highest BCUT2D eigenvalue weighted by Gasteiger charge is 2.27. The van der Waals surface area contributed by atoms with Crippen molar-refractivity contribution in [1.29, 1.82) is 0 Å². The number of hydrogen-bond acceptors (Lipinski definition) is 4. The van der Waals surface area contributed by atoms with Crippen molar-refractivity contribution in [3.05, 3.63) is 44.2 Å². The number of hydrogen-bond donors (Lipinski definition) is 1. The standard InChI is InChI=1S/C14H15BrN2OS/c1-9-12-3-5-19-13(12)2-4-17(9)14-10(8-18)6-11(15)7-16-14/h3,5-7,9,18H,2,4,8H2,1H3. The molecule has 0 radical (unpaired) electrons. The third-order valence-electron chi connectivity index (χ3n) is 3.63. The number of fused-ring (bicyclic) bond motifs is 1. The number of anilines is 1. The number of aliphatic hydroxyl groups is 1. The highest BCUT2D eigenvalue weighted by Crippen LogP contribution is 2.36. The van der Waals surface area contributed by atoms with Gasteiger partial charge in [0.15, 0.2) is 0 Å². The van der Waals surface area contributed by atoms with Crippen molar-refractivity contribution in [2.24, 2.45) is 0 Å². The Morgan fingerprint density at radius 1 is 1.58 bits per heavy atom. The van der Waals surface area contributed by atoms with Crippen LogP contribution in [-0.2, 0) is 13.0 Å². The van der Waals surface area contributed by atoms with Gasteiger partial charge in [0.1, 0.15) is 5.82 Å². The molecule has 100 valence electrons. The molecule has 0 saturated carbocycles. The molecule has 0 fully saturated rings. The molecule has 0 bridgehead atoms. The van der Waals surface area contributed by atoms with E-state index in [2.05, 4.69) is 44.2 Å². The zero-order valence-corrected chi connectivity index (χ0v) is 13.0. The maximum Gasteiger partial charge on any atom is 0.134 e. The second kappa shape index (κ2) is 5.23. The van der Waals surface area contributed by atoms with Gasteiger partial charge in [-0.15, -0.1) is 11.3 Å². The van der Waals surface area contributed by atoms with Gasteiger partial charge in [-0.3, -0.25) is 0 Å². The highest BCUT2D eigenvalue weighted by atomic mass is 79.9. The van der Waals surface area contributed by atoms with Crippen LogP contribution in [0.25, 0.3) is 0 Å². The number of aliphatic hydroxyl groups excluding tert-OH is 1. The molecule has 0 amide bonds. The van der Waals surface area contributed by atoms with E-state index in [0.717, 1.165) is 28.8 Å². The summed E-state index contributed by atoms with van der Waals surface area (Å²) in [5.74, 6) is 0.898. The lowest BCUT2D eigenvalue weighted by Crippen LogP contribution is -2.34. The molecule has 1 N–H and O–H groups in total. The van der Waals surface area contributed by atoms with Gasteiger partial charge in [-0.1, -0.05) is 0 Å². The Labute approximate surface area is 125 Å². The quantitative estimate of drug-likeness (QED) is 0.909. The van der Waals surface area contributed by atoms with E-state index >= 15 is 0 Å². The predicted molar refractivity (Wildman–Crippen MR) is 81.6 cm³/mol. The van der Waals surface area contributed by atoms with Crippen LogP contribution in [0.3, 0.4) is 0 Å². The smallest absolute Gasteiger partial charge is 0.134 e. The Morgan fingerprint density at radius 3 is 3.21 bits per heavy atom. The van der Waals surface area contributed by atoms with Gasteiger partial charge in [0.05, 0.1) is 12.6 Å². The van der Waals surface area contributed by atoms with E-state index in [0.29, 0.717) is 6.04 Å². The molecule has 0 aliphatic carbocycles. The molecule has 5 heteroatoms. The number of thiophene rings is 1. The first-order valence-corrected chi connectivity index (χ1v) is 7.96. The summed E-state index contributed by atoms with van der Waals surface area (Å²) in [7, 11) is 0. The summed E-state index contributed by atoms with van der Waals surface area (Å²) in [6.07, 6.45) is 2.85. The fourth-order valence-electron chi connectivity index (χ4n) is 2.65. The number of nitrogens with zero attached hydrogens (tertiary/aromatic N) is 2. The molecule has 19 heavy (non-hydrogen) atoms. The number of halogens is 1. The van der Waals surface area contributed by atoms with E-state index in [1.807, 2.05) is 17.4 Å². The van der Waals surface area contributed by atoms with E-state index in [4.69, 9.17) is 0 Å². The van der Waals surface area contributed by atoms with Crippen LogP contribution in [0.5, 0.6) is 0 Å². The molecular weight excluding hydrogens is 324 g/mol. The lowest BCUT2D eigenvalue weighted by atomic mass is 10.0. The molecule has 1 aliphatic rings. The number of pyridine rings is 1. The third-order valence-corrected chi connectivity index (χ3v) is 5.06. The lowest BCUT2D eigenvalue weighted by Gasteiger charge is -2.35. The summed E-state index contributed by atoms with van der Waals surface area (Å²) >= 11 is 5.24. The zero-order valence-electron chi connectivity index (χ0n) is 10.6. The maximum atomic E-state index is 9.53. The van der Waals surface area contributed by atoms with Crippen molar-refractivity contribution in [3.8, 4) is 0 Å². The molecule has 2 aromatic rings. The van der Waals surface area contributed by atoms with Crippen LogP contribution in [0.4, 0.5) is 5.82 Å². The maximum absolute atomic E-state index is 9.53. The van der Waals surface area contributed by atoms with Crippen LogP contribution < -0.4 is 4.90 Å². The molecule has 1 unspecified atom stereocenters. The van der Waals surface area contributed by atoms with Crippen molar-refractivity contribution >= 4 is 33.1 Å². The molecule has 1 atom stereocenters. The topological polar surface area (TPSA) is 36.4 Å². The first kappa shape index (κ1) is 13.1. The van der Waals surface area contributed by atoms with Crippen molar-refractivity contribution in [2.75, 3.05) is 11.4 Å². The SMILES string of the molecule is CC1c2ccsc2CCN1c1ncc(Br)cc1CO. The lowest BCUT2D eigenvalue weighted by molar-refractivity contribution is 0.281. The Bertz CT molecular complexity index is 599. The minimum absolute atomic E-state index is 0.0154. The second-order valence-corrected chi connectivity index (χ2v) is 6.63. The molecule has 1 aliphatic heterocycles. The van der Waals surface area contributed by atoms with Gasteiger partial charge in [0, 0.05) is 27.7 Å². The fourth-order valence-corrected chi connectivity index (χ4v) is 3.99. The predicted octanol–water partition coefficient (Wildman–Crippen LogP) is 3.52. The van der Waals surface area contributed by atoms with Gasteiger partial charge in [0.25, 0.3) is 0 Å². The van der Waals surface area contributed by atoms with E-state index in [1.54, 1.807) is 6.20 Å². The van der Waals surface area contributed by atoms with Gasteiger partial charge < -0.3 is 10.0 Å². The molecular formula is C14H15BrN2OS. The third kappa shape index (κ3) is 2.30. The summed E-state index contributed by atoms with van der Waals surface area (Å²) in [5, 5.41) is 11.7. The van der Waals surface area contributed by atoms with E-state index in [9.17, 15) is 5.11 Å². The molecule has 0 saturated heterocycles. The number of rotatable bonds is 2. The summed E-state index contributed by atoms with van der Waals surface area (Å²) < 4.78 is 0.904. The second-order valence-electron chi connectivity index (χ2n) is 4.71. The van der Waals surface area contributed by atoms with Gasteiger partial charge in [-0.25, -0.2) is 4.98 Å². The minimum atomic E-state index is 0.0154. The normalized spacial score (nSPS) is 18.5. The summed E-state index contributed by atoms with van der Waals surface area (Å²) in [4.78, 5) is 8.27. The van der Waals surface area contributed by atoms with Crippen molar-refractivity contribution in [2.45, 2.75) is 26.0 Å². The van der Waals surface area contributed by atoms with Gasteiger partial charge in [-0.2, -0.15) is 0 Å². The van der Waals surface area contributed by atoms with Crippen molar-refractivity contribution < 1.29 is 5.11 Å². The molecule has 0 spiro atoms. The zero-order chi connectivity index (χ0) is 13.4. The van der Waals surface area contributed by atoms with Crippen LogP contribution in [0.1, 0.15) is 29.0 Å². The van der Waals surface area contributed by atoms with Crippen LogP contribution in [0, 0.1) is 0 Å². The van der Waals surface area contributed by atoms with Crippen LogP contribution in [0.15, 0.2) is 28.2 Å². The van der Waals surface area contributed by atoms with Crippen LogP contribution in [-0.4, -0.2) is 16.6 Å². The molecule has 3 rings (SSSR count). The largest absolute Gasteiger partial charge is 0.392 e. The van der Waals surface area contributed by atoms with E-state index in [1.165, 1.54) is 10.4 Å². The van der Waals surface area contributed by atoms with E-state index < -0.39 is 0 Å². The van der Waals surface area contributed by atoms with E-state index in [-0.39, 0.29) is 6.61 Å². The van der Waals surface area contributed by atoms with Crippen LogP contribution in [0.2, 0.25) is 0 Å². The van der Waals surface area contributed by atoms with Gasteiger partial charge in [0.2, 0.25) is 0 Å². The molecule has 2 aromatic heterocycles. The van der Waals surface area contributed by atoms with Crippen LogP contribution >= 0.6 is 27.3 Å². The Morgan fingerprint density at radius 2 is 2.42 bits per heavy atom. The monoisotopic (exact) mass is 338 g/mol. The Kier molecular flexibility index (Phi) is 3.60. The highest BCUT2D eigenvalue weighted by molar-refractivity contribution is 9.10. The summed E-state index contributed by atoms with van der Waals surface area (Å²) in [6, 6.07) is 4.46.